The van der Waals surface area contributed by atoms with Crippen molar-refractivity contribution in [2.75, 3.05) is 26.2 Å². The van der Waals surface area contributed by atoms with E-state index in [9.17, 15) is 0 Å². The van der Waals surface area contributed by atoms with Crippen LogP contribution in [0.4, 0.5) is 0 Å². The van der Waals surface area contributed by atoms with Crippen LogP contribution < -0.4 is 5.32 Å². The summed E-state index contributed by atoms with van der Waals surface area (Å²) in [6.07, 6.45) is 4.18. The zero-order valence-corrected chi connectivity index (χ0v) is 16.7. The van der Waals surface area contributed by atoms with Gasteiger partial charge in [0.1, 0.15) is 0 Å². The summed E-state index contributed by atoms with van der Waals surface area (Å²) < 4.78 is 2.35. The molecule has 1 aromatic rings. The largest absolute Gasteiger partial charge is 0.314 e. The summed E-state index contributed by atoms with van der Waals surface area (Å²) in [5, 5.41) is 3.46. The van der Waals surface area contributed by atoms with E-state index in [2.05, 4.69) is 60.3 Å². The van der Waals surface area contributed by atoms with Crippen LogP contribution in [0, 0.1) is 5.92 Å². The fourth-order valence-corrected chi connectivity index (χ4v) is 4.57. The van der Waals surface area contributed by atoms with Crippen LogP contribution in [0.1, 0.15) is 30.9 Å². The highest BCUT2D eigenvalue weighted by Gasteiger charge is 2.33. The minimum atomic E-state index is 0. The normalized spacial score (nSPS) is 20.9. The number of benzene rings is 1. The number of halogens is 4. The summed E-state index contributed by atoms with van der Waals surface area (Å²) in [7, 11) is 0. The average molecular weight is 461 g/mol. The lowest BCUT2D eigenvalue weighted by molar-refractivity contribution is 0.0836. The van der Waals surface area contributed by atoms with E-state index in [-0.39, 0.29) is 24.8 Å². The van der Waals surface area contributed by atoms with E-state index in [0.29, 0.717) is 6.04 Å². The van der Waals surface area contributed by atoms with Crippen LogP contribution in [-0.4, -0.2) is 31.1 Å². The predicted molar refractivity (Wildman–Crippen MR) is 101 cm³/mol. The monoisotopic (exact) mass is 458 g/mol. The van der Waals surface area contributed by atoms with Gasteiger partial charge in [0.2, 0.25) is 0 Å². The number of hydrogen-bond donors (Lipinski definition) is 1. The molecule has 1 saturated heterocycles. The second-order valence-corrected chi connectivity index (χ2v) is 7.46. The van der Waals surface area contributed by atoms with E-state index in [1.54, 1.807) is 0 Å². The molecule has 0 amide bonds. The Labute approximate surface area is 156 Å². The van der Waals surface area contributed by atoms with Crippen molar-refractivity contribution in [1.82, 2.24) is 10.2 Å². The van der Waals surface area contributed by atoms with Crippen molar-refractivity contribution in [2.45, 2.75) is 25.3 Å². The molecular formula is C15H22Br2Cl2N2. The molecule has 0 aromatic heterocycles. The number of nitrogens with zero attached hydrogens (tertiary/aromatic N) is 1. The first-order chi connectivity index (χ1) is 9.24. The van der Waals surface area contributed by atoms with Crippen molar-refractivity contribution in [1.29, 1.82) is 0 Å². The fraction of sp³-hybridized carbons (Fsp3) is 0.600. The third-order valence-corrected chi connectivity index (χ3v) is 5.28. The molecule has 1 N–H and O–H groups in total. The zero-order chi connectivity index (χ0) is 13.2. The van der Waals surface area contributed by atoms with E-state index in [0.717, 1.165) is 19.0 Å². The molecule has 1 atom stereocenters. The fourth-order valence-electron chi connectivity index (χ4n) is 3.24. The van der Waals surface area contributed by atoms with Gasteiger partial charge in [0.05, 0.1) is 0 Å². The van der Waals surface area contributed by atoms with Gasteiger partial charge in [0.15, 0.2) is 0 Å². The molecule has 0 bridgehead atoms. The van der Waals surface area contributed by atoms with Gasteiger partial charge in [0.25, 0.3) is 0 Å². The van der Waals surface area contributed by atoms with Crippen LogP contribution in [0.15, 0.2) is 27.1 Å². The van der Waals surface area contributed by atoms with Gasteiger partial charge in [-0.15, -0.1) is 24.8 Å². The first kappa shape index (κ1) is 19.7. The number of nitrogens with one attached hydrogen (secondary N) is 1. The standard InChI is InChI=1S/C15H20Br2N2.2ClH/c16-13-8-12(9-14(17)10-13)15(11-2-1-3-11)19-6-4-18-5-7-19;;/h8-11,15,18H,1-7H2;2*1H/t15-;;/m0../s1. The molecule has 1 aliphatic carbocycles. The zero-order valence-electron chi connectivity index (χ0n) is 11.9. The second-order valence-electron chi connectivity index (χ2n) is 5.62. The van der Waals surface area contributed by atoms with E-state index >= 15 is 0 Å². The van der Waals surface area contributed by atoms with Crippen LogP contribution >= 0.6 is 56.7 Å². The highest BCUT2D eigenvalue weighted by Crippen LogP contribution is 2.42. The molecule has 0 spiro atoms. The molecule has 1 heterocycles. The molecule has 3 rings (SSSR count). The first-order valence-electron chi connectivity index (χ1n) is 7.15. The van der Waals surface area contributed by atoms with E-state index < -0.39 is 0 Å². The molecular weight excluding hydrogens is 439 g/mol. The summed E-state index contributed by atoms with van der Waals surface area (Å²) in [6, 6.07) is 7.33. The summed E-state index contributed by atoms with van der Waals surface area (Å²) in [4.78, 5) is 2.68. The van der Waals surface area contributed by atoms with Crippen molar-refractivity contribution in [2.24, 2.45) is 5.92 Å². The van der Waals surface area contributed by atoms with E-state index in [1.165, 1.54) is 46.9 Å². The number of piperazine rings is 1. The van der Waals surface area contributed by atoms with Crippen LogP contribution in [-0.2, 0) is 0 Å². The van der Waals surface area contributed by atoms with Gasteiger partial charge in [0, 0.05) is 41.2 Å². The van der Waals surface area contributed by atoms with Crippen LogP contribution in [0.5, 0.6) is 0 Å². The minimum Gasteiger partial charge on any atom is -0.314 e. The molecule has 1 saturated carbocycles. The number of rotatable bonds is 3. The Morgan fingerprint density at radius 2 is 1.57 bits per heavy atom. The molecule has 1 aromatic carbocycles. The summed E-state index contributed by atoms with van der Waals surface area (Å²) in [6.45, 7) is 4.59. The van der Waals surface area contributed by atoms with Gasteiger partial charge in [-0.2, -0.15) is 0 Å². The molecule has 120 valence electrons. The van der Waals surface area contributed by atoms with Gasteiger partial charge in [-0.05, 0) is 42.5 Å². The quantitative estimate of drug-likeness (QED) is 0.696. The van der Waals surface area contributed by atoms with Crippen molar-refractivity contribution < 1.29 is 0 Å². The lowest BCUT2D eigenvalue weighted by Gasteiger charge is -2.43. The van der Waals surface area contributed by atoms with Crippen molar-refractivity contribution in [3.63, 3.8) is 0 Å². The molecule has 21 heavy (non-hydrogen) atoms. The second kappa shape index (κ2) is 9.09. The Hall–Kier alpha value is 0.680. The van der Waals surface area contributed by atoms with E-state index in [1.807, 2.05) is 0 Å². The Balaban J connectivity index is 0.00000110. The maximum absolute atomic E-state index is 3.63. The van der Waals surface area contributed by atoms with Crippen molar-refractivity contribution >= 4 is 56.7 Å². The van der Waals surface area contributed by atoms with Crippen molar-refractivity contribution in [3.05, 3.63) is 32.7 Å². The summed E-state index contributed by atoms with van der Waals surface area (Å²) >= 11 is 7.27. The molecule has 2 aliphatic rings. The van der Waals surface area contributed by atoms with Crippen molar-refractivity contribution in [3.8, 4) is 0 Å². The topological polar surface area (TPSA) is 15.3 Å². The minimum absolute atomic E-state index is 0. The first-order valence-corrected chi connectivity index (χ1v) is 8.73. The Kier molecular flexibility index (Phi) is 8.54. The maximum atomic E-state index is 3.63. The third kappa shape index (κ3) is 4.82. The van der Waals surface area contributed by atoms with Crippen LogP contribution in [0.2, 0.25) is 0 Å². The molecule has 0 radical (unpaired) electrons. The van der Waals surface area contributed by atoms with E-state index in [4.69, 9.17) is 0 Å². The van der Waals surface area contributed by atoms with Crippen LogP contribution in [0.3, 0.4) is 0 Å². The average Bonchev–Trinajstić information content (AvgIpc) is 2.33. The van der Waals surface area contributed by atoms with Crippen LogP contribution in [0.25, 0.3) is 0 Å². The Morgan fingerprint density at radius 1 is 1.00 bits per heavy atom. The number of hydrogen-bond acceptors (Lipinski definition) is 2. The highest BCUT2D eigenvalue weighted by atomic mass is 79.9. The summed E-state index contributed by atoms with van der Waals surface area (Å²) in [5.41, 5.74) is 1.47. The molecule has 2 fully saturated rings. The molecule has 2 nitrogen and oxygen atoms in total. The SMILES string of the molecule is Brc1cc(Br)cc([C@H](C2CCC2)N2CCNCC2)c1.Cl.Cl. The van der Waals surface area contributed by atoms with Gasteiger partial charge < -0.3 is 5.32 Å². The lowest BCUT2D eigenvalue weighted by Crippen LogP contribution is -2.47. The maximum Gasteiger partial charge on any atom is 0.0378 e. The van der Waals surface area contributed by atoms with Gasteiger partial charge in [-0.1, -0.05) is 38.3 Å². The third-order valence-electron chi connectivity index (χ3n) is 4.37. The Morgan fingerprint density at radius 3 is 2.05 bits per heavy atom. The predicted octanol–water partition coefficient (Wildman–Crippen LogP) is 4.80. The lowest BCUT2D eigenvalue weighted by atomic mass is 9.76. The summed E-state index contributed by atoms with van der Waals surface area (Å²) in [5.74, 6) is 0.847. The van der Waals surface area contributed by atoms with Gasteiger partial charge in [-0.3, -0.25) is 4.90 Å². The Bertz CT molecular complexity index is 429. The molecule has 6 heteroatoms. The molecule has 0 unspecified atom stereocenters. The van der Waals surface area contributed by atoms with Gasteiger partial charge >= 0.3 is 0 Å². The van der Waals surface area contributed by atoms with Gasteiger partial charge in [-0.25, -0.2) is 0 Å². The highest BCUT2D eigenvalue weighted by molar-refractivity contribution is 9.11. The smallest absolute Gasteiger partial charge is 0.0378 e. The molecule has 1 aliphatic heterocycles.